The molecule has 2 aliphatic heterocycles. The highest BCUT2D eigenvalue weighted by atomic mass is 16.6. The minimum absolute atomic E-state index is 0.0180. The summed E-state index contributed by atoms with van der Waals surface area (Å²) in [5.41, 5.74) is 3.35. The van der Waals surface area contributed by atoms with Gasteiger partial charge in [-0.25, -0.2) is 0 Å². The first kappa shape index (κ1) is 14.5. The zero-order valence-corrected chi connectivity index (χ0v) is 15.5. The summed E-state index contributed by atoms with van der Waals surface area (Å²) >= 11 is 0. The van der Waals surface area contributed by atoms with Gasteiger partial charge in [0.1, 0.15) is 5.76 Å². The highest BCUT2D eigenvalue weighted by Gasteiger charge is 2.83. The minimum atomic E-state index is 0.0180. The Kier molecular flexibility index (Phi) is 2.32. The van der Waals surface area contributed by atoms with Crippen LogP contribution in [0.1, 0.15) is 24.0 Å². The van der Waals surface area contributed by atoms with E-state index in [1.54, 1.807) is 14.2 Å². The van der Waals surface area contributed by atoms with E-state index in [0.717, 1.165) is 28.2 Å². The molecular formula is C21H26NO3+. The van der Waals surface area contributed by atoms with Crippen LogP contribution in [0.15, 0.2) is 24.0 Å². The highest BCUT2D eigenvalue weighted by Crippen LogP contribution is 2.80. The maximum atomic E-state index is 6.64. The molecule has 5 atom stereocenters. The fourth-order valence-corrected chi connectivity index (χ4v) is 7.21. The number of hydrogen-bond donors (Lipinski definition) is 0. The van der Waals surface area contributed by atoms with Gasteiger partial charge in [-0.05, 0) is 30.0 Å². The van der Waals surface area contributed by atoms with E-state index in [9.17, 15) is 0 Å². The Balaban J connectivity index is 1.70. The lowest BCUT2D eigenvalue weighted by Crippen LogP contribution is -2.71. The summed E-state index contributed by atoms with van der Waals surface area (Å²) in [4.78, 5) is 0. The number of allylic oxidation sites excluding steroid dienone is 1. The van der Waals surface area contributed by atoms with E-state index in [1.165, 1.54) is 30.5 Å². The second kappa shape index (κ2) is 4.01. The maximum Gasteiger partial charge on any atom is 0.166 e. The van der Waals surface area contributed by atoms with Crippen LogP contribution in [-0.4, -0.2) is 51.5 Å². The molecule has 2 heterocycles. The standard InChI is InChI=1S/C21H26NO3/c1-22(2)8-7-20-17-12-5-6-14(23-3)18(17)25-19(20)15(24-4)10-13-11-21(13,20)16(22)9-12/h5-6,10,13,16,19H,7-9,11H2,1-4H3/q+1/t13-,16-,19+,20+,21+/m1/s1. The Bertz CT molecular complexity index is 844. The van der Waals surface area contributed by atoms with Gasteiger partial charge in [0, 0.05) is 23.8 Å². The molecule has 2 fully saturated rings. The summed E-state index contributed by atoms with van der Waals surface area (Å²) in [6, 6.07) is 5.05. The van der Waals surface area contributed by atoms with Crippen molar-refractivity contribution in [2.75, 3.05) is 34.9 Å². The third-order valence-corrected chi connectivity index (χ3v) is 8.24. The van der Waals surface area contributed by atoms with Crippen molar-refractivity contribution >= 4 is 0 Å². The molecule has 1 saturated heterocycles. The lowest BCUT2D eigenvalue weighted by molar-refractivity contribution is -0.929. The number of ether oxygens (including phenoxy) is 3. The first-order valence-corrected chi connectivity index (χ1v) is 9.45. The SMILES string of the molecule is COC1=C[C@@H]2C[C@@]23[C@H]2Cc4ccc(OC)c5c4[C@@]3(CC[N+]2(C)C)[C@H]1O5. The van der Waals surface area contributed by atoms with Crippen molar-refractivity contribution in [3.05, 3.63) is 35.1 Å². The number of rotatable bonds is 2. The second-order valence-corrected chi connectivity index (χ2v) is 9.20. The molecule has 132 valence electrons. The number of likely N-dealkylation sites (N-methyl/N-ethyl adjacent to an activating group) is 1. The van der Waals surface area contributed by atoms with Gasteiger partial charge in [-0.15, -0.1) is 0 Å². The summed E-state index contributed by atoms with van der Waals surface area (Å²) in [7, 11) is 8.40. The molecule has 6 rings (SSSR count). The summed E-state index contributed by atoms with van der Waals surface area (Å²) in [6.07, 6.45) is 6.01. The number of nitrogens with zero attached hydrogens (tertiary/aromatic N) is 1. The number of quaternary nitrogens is 1. The molecule has 3 aliphatic carbocycles. The van der Waals surface area contributed by atoms with Gasteiger partial charge >= 0.3 is 0 Å². The van der Waals surface area contributed by atoms with Crippen molar-refractivity contribution in [3.63, 3.8) is 0 Å². The van der Waals surface area contributed by atoms with Crippen molar-refractivity contribution in [1.82, 2.24) is 0 Å². The Morgan fingerprint density at radius 2 is 2.04 bits per heavy atom. The minimum Gasteiger partial charge on any atom is -0.497 e. The second-order valence-electron chi connectivity index (χ2n) is 9.20. The van der Waals surface area contributed by atoms with Gasteiger partial charge < -0.3 is 18.7 Å². The van der Waals surface area contributed by atoms with Crippen molar-refractivity contribution < 1.29 is 18.7 Å². The fraction of sp³-hybridized carbons (Fsp3) is 0.619. The third-order valence-electron chi connectivity index (χ3n) is 8.24. The predicted octanol–water partition coefficient (Wildman–Crippen LogP) is 2.65. The summed E-state index contributed by atoms with van der Waals surface area (Å²) < 4.78 is 19.3. The molecule has 0 aromatic heterocycles. The van der Waals surface area contributed by atoms with Crippen molar-refractivity contribution in [2.45, 2.75) is 36.8 Å². The zero-order chi connectivity index (χ0) is 17.2. The molecule has 4 nitrogen and oxygen atoms in total. The number of benzene rings is 1. The van der Waals surface area contributed by atoms with E-state index in [1.807, 2.05) is 0 Å². The van der Waals surface area contributed by atoms with E-state index >= 15 is 0 Å². The topological polar surface area (TPSA) is 27.7 Å². The van der Waals surface area contributed by atoms with Crippen LogP contribution in [0, 0.1) is 11.3 Å². The lowest BCUT2D eigenvalue weighted by atomic mass is 9.50. The molecule has 1 saturated carbocycles. The Hall–Kier alpha value is -1.68. The molecule has 2 bridgehead atoms. The van der Waals surface area contributed by atoms with Crippen LogP contribution in [-0.2, 0) is 16.6 Å². The average molecular weight is 340 g/mol. The molecule has 2 spiro atoms. The van der Waals surface area contributed by atoms with Crippen LogP contribution in [0.5, 0.6) is 11.5 Å². The quantitative estimate of drug-likeness (QED) is 0.775. The first-order valence-electron chi connectivity index (χ1n) is 9.45. The smallest absolute Gasteiger partial charge is 0.166 e. The molecule has 4 heteroatoms. The van der Waals surface area contributed by atoms with E-state index in [4.69, 9.17) is 14.2 Å². The van der Waals surface area contributed by atoms with Crippen LogP contribution in [0.3, 0.4) is 0 Å². The van der Waals surface area contributed by atoms with Gasteiger partial charge in [0.2, 0.25) is 0 Å². The number of likely N-dealkylation sites (tertiary alicyclic amines) is 1. The summed E-state index contributed by atoms with van der Waals surface area (Å²) in [5.74, 6) is 3.54. The Labute approximate surface area is 148 Å². The number of piperidine rings is 1. The van der Waals surface area contributed by atoms with Crippen molar-refractivity contribution in [1.29, 1.82) is 0 Å². The van der Waals surface area contributed by atoms with Crippen LogP contribution < -0.4 is 9.47 Å². The predicted molar refractivity (Wildman–Crippen MR) is 93.8 cm³/mol. The molecular weight excluding hydrogens is 314 g/mol. The molecule has 0 unspecified atom stereocenters. The van der Waals surface area contributed by atoms with E-state index < -0.39 is 0 Å². The van der Waals surface area contributed by atoms with Gasteiger partial charge in [-0.3, -0.25) is 0 Å². The molecule has 25 heavy (non-hydrogen) atoms. The molecule has 1 aromatic carbocycles. The average Bonchev–Trinajstić information content (AvgIpc) is 3.20. The van der Waals surface area contributed by atoms with Crippen LogP contribution in [0.25, 0.3) is 0 Å². The van der Waals surface area contributed by atoms with Gasteiger partial charge in [0.05, 0.1) is 46.3 Å². The fourth-order valence-electron chi connectivity index (χ4n) is 7.21. The summed E-state index contributed by atoms with van der Waals surface area (Å²) in [6.45, 7) is 1.20. The monoisotopic (exact) mass is 340 g/mol. The van der Waals surface area contributed by atoms with E-state index in [-0.39, 0.29) is 11.5 Å². The van der Waals surface area contributed by atoms with Gasteiger partial charge in [0.25, 0.3) is 0 Å². The first-order chi connectivity index (χ1) is 12.0. The number of methoxy groups -OCH3 is 2. The zero-order valence-electron chi connectivity index (χ0n) is 15.5. The lowest BCUT2D eigenvalue weighted by Gasteiger charge is -2.60. The molecule has 1 aromatic rings. The van der Waals surface area contributed by atoms with Gasteiger partial charge in [0.15, 0.2) is 17.6 Å². The molecule has 0 amide bonds. The summed E-state index contributed by atoms with van der Waals surface area (Å²) in [5, 5.41) is 0. The molecule has 5 aliphatic rings. The third kappa shape index (κ3) is 1.30. The highest BCUT2D eigenvalue weighted by molar-refractivity contribution is 5.65. The number of hydrogen-bond acceptors (Lipinski definition) is 3. The van der Waals surface area contributed by atoms with Crippen LogP contribution >= 0.6 is 0 Å². The maximum absolute atomic E-state index is 6.64. The van der Waals surface area contributed by atoms with Gasteiger partial charge in [-0.1, -0.05) is 6.07 Å². The largest absolute Gasteiger partial charge is 0.497 e. The normalized spacial score (nSPS) is 43.4. The molecule has 0 N–H and O–H groups in total. The molecule has 0 radical (unpaired) electrons. The van der Waals surface area contributed by atoms with Crippen LogP contribution in [0.2, 0.25) is 0 Å². The van der Waals surface area contributed by atoms with Gasteiger partial charge in [-0.2, -0.15) is 0 Å². The van der Waals surface area contributed by atoms with E-state index in [0.29, 0.717) is 17.4 Å². The van der Waals surface area contributed by atoms with Crippen molar-refractivity contribution in [3.8, 4) is 11.5 Å². The Morgan fingerprint density at radius 3 is 2.80 bits per heavy atom. The van der Waals surface area contributed by atoms with Crippen molar-refractivity contribution in [2.24, 2.45) is 11.3 Å². The van der Waals surface area contributed by atoms with E-state index in [2.05, 4.69) is 32.3 Å². The van der Waals surface area contributed by atoms with Crippen LogP contribution in [0.4, 0.5) is 0 Å². The Morgan fingerprint density at radius 1 is 1.20 bits per heavy atom.